The third-order valence-electron chi connectivity index (χ3n) is 3.18. The number of ether oxygens (including phenoxy) is 2. The molecule has 0 saturated carbocycles. The number of hydrogen-bond acceptors (Lipinski definition) is 3. The average molecular weight is 271 g/mol. The summed E-state index contributed by atoms with van der Waals surface area (Å²) in [5, 5.41) is 3.48. The van der Waals surface area contributed by atoms with Crippen molar-refractivity contribution < 1.29 is 9.47 Å². The van der Waals surface area contributed by atoms with Gasteiger partial charge in [0.2, 0.25) is 0 Å². The highest BCUT2D eigenvalue weighted by molar-refractivity contribution is 5.45. The Morgan fingerprint density at radius 1 is 0.950 bits per heavy atom. The maximum Gasteiger partial charge on any atom is 0.160 e. The fourth-order valence-corrected chi connectivity index (χ4v) is 2.23. The van der Waals surface area contributed by atoms with Crippen molar-refractivity contribution >= 4 is 5.69 Å². The molecule has 2 aromatic carbocycles. The summed E-state index contributed by atoms with van der Waals surface area (Å²) in [4.78, 5) is 0. The van der Waals surface area contributed by atoms with E-state index < -0.39 is 0 Å². The summed E-state index contributed by atoms with van der Waals surface area (Å²) in [6.45, 7) is 2.17. The maximum absolute atomic E-state index is 5.33. The zero-order chi connectivity index (χ0) is 14.4. The molecule has 1 unspecified atom stereocenters. The molecule has 0 bridgehead atoms. The van der Waals surface area contributed by atoms with Crippen molar-refractivity contribution in [1.82, 2.24) is 0 Å². The Labute approximate surface area is 120 Å². The first kappa shape index (κ1) is 14.3. The van der Waals surface area contributed by atoms with Gasteiger partial charge in [-0.2, -0.15) is 0 Å². The van der Waals surface area contributed by atoms with Gasteiger partial charge in [-0.25, -0.2) is 0 Å². The smallest absolute Gasteiger partial charge is 0.160 e. The van der Waals surface area contributed by atoms with Crippen LogP contribution in [0.25, 0.3) is 0 Å². The van der Waals surface area contributed by atoms with Crippen molar-refractivity contribution in [3.05, 3.63) is 54.1 Å². The van der Waals surface area contributed by atoms with Crippen LogP contribution in [-0.4, -0.2) is 20.3 Å². The fourth-order valence-electron chi connectivity index (χ4n) is 2.23. The van der Waals surface area contributed by atoms with Gasteiger partial charge in [0.25, 0.3) is 0 Å². The van der Waals surface area contributed by atoms with E-state index in [1.807, 2.05) is 30.3 Å². The summed E-state index contributed by atoms with van der Waals surface area (Å²) < 4.78 is 10.6. The number of anilines is 1. The Balaban J connectivity index is 2.02. The summed E-state index contributed by atoms with van der Waals surface area (Å²) in [6.07, 6.45) is 0.926. The number of methoxy groups -OCH3 is 2. The lowest BCUT2D eigenvalue weighted by Crippen LogP contribution is -2.17. The lowest BCUT2D eigenvalue weighted by atomic mass is 10.1. The predicted molar refractivity (Wildman–Crippen MR) is 82.8 cm³/mol. The highest BCUT2D eigenvalue weighted by Gasteiger charge is 2.08. The number of benzene rings is 2. The Morgan fingerprint density at radius 2 is 1.65 bits per heavy atom. The third-order valence-corrected chi connectivity index (χ3v) is 3.18. The van der Waals surface area contributed by atoms with Crippen LogP contribution in [0.3, 0.4) is 0 Å². The predicted octanol–water partition coefficient (Wildman–Crippen LogP) is 3.75. The van der Waals surface area contributed by atoms with Crippen LogP contribution in [0, 0.1) is 0 Å². The summed E-state index contributed by atoms with van der Waals surface area (Å²) >= 11 is 0. The van der Waals surface area contributed by atoms with Gasteiger partial charge in [-0.1, -0.05) is 24.3 Å². The summed E-state index contributed by atoms with van der Waals surface area (Å²) in [5.74, 6) is 1.54. The number of hydrogen-bond donors (Lipinski definition) is 1. The van der Waals surface area contributed by atoms with Crippen LogP contribution in [0.1, 0.15) is 12.5 Å². The summed E-state index contributed by atoms with van der Waals surface area (Å²) in [6, 6.07) is 16.6. The van der Waals surface area contributed by atoms with Gasteiger partial charge in [-0.15, -0.1) is 0 Å². The van der Waals surface area contributed by atoms with Crippen LogP contribution in [0.4, 0.5) is 5.69 Å². The molecule has 2 rings (SSSR count). The first-order valence-electron chi connectivity index (χ1n) is 6.75. The minimum Gasteiger partial charge on any atom is -0.493 e. The van der Waals surface area contributed by atoms with Gasteiger partial charge in [0.15, 0.2) is 11.5 Å². The SMILES string of the molecule is COc1ccc(CC(C)Nc2ccccc2)cc1OC. The molecule has 1 atom stereocenters. The standard InChI is InChI=1S/C17H21NO2/c1-13(18-15-7-5-4-6-8-15)11-14-9-10-16(19-2)17(12-14)20-3/h4-10,12-13,18H,11H2,1-3H3. The average Bonchev–Trinajstić information content (AvgIpc) is 2.48. The number of para-hydroxylation sites is 1. The van der Waals surface area contributed by atoms with E-state index in [2.05, 4.69) is 30.4 Å². The van der Waals surface area contributed by atoms with Crippen LogP contribution in [0.5, 0.6) is 11.5 Å². The molecule has 0 aliphatic heterocycles. The molecule has 106 valence electrons. The van der Waals surface area contributed by atoms with Crippen LogP contribution in [0.15, 0.2) is 48.5 Å². The van der Waals surface area contributed by atoms with Crippen molar-refractivity contribution in [3.8, 4) is 11.5 Å². The summed E-state index contributed by atoms with van der Waals surface area (Å²) in [7, 11) is 3.31. The second-order valence-corrected chi connectivity index (χ2v) is 4.80. The van der Waals surface area contributed by atoms with Gasteiger partial charge in [-0.05, 0) is 43.2 Å². The van der Waals surface area contributed by atoms with Crippen LogP contribution in [0.2, 0.25) is 0 Å². The van der Waals surface area contributed by atoms with E-state index in [-0.39, 0.29) is 0 Å². The van der Waals surface area contributed by atoms with Crippen LogP contribution in [-0.2, 0) is 6.42 Å². The molecule has 0 saturated heterocycles. The van der Waals surface area contributed by atoms with E-state index in [9.17, 15) is 0 Å². The third kappa shape index (κ3) is 3.67. The first-order valence-corrected chi connectivity index (χ1v) is 6.75. The molecule has 2 aromatic rings. The van der Waals surface area contributed by atoms with E-state index in [0.717, 1.165) is 23.6 Å². The minimum atomic E-state index is 0.343. The van der Waals surface area contributed by atoms with E-state index in [1.165, 1.54) is 5.56 Å². The molecule has 0 aliphatic carbocycles. The van der Waals surface area contributed by atoms with Gasteiger partial charge in [0.05, 0.1) is 14.2 Å². The number of nitrogens with one attached hydrogen (secondary N) is 1. The van der Waals surface area contributed by atoms with Crippen LogP contribution >= 0.6 is 0 Å². The van der Waals surface area contributed by atoms with E-state index in [0.29, 0.717) is 6.04 Å². The lowest BCUT2D eigenvalue weighted by Gasteiger charge is -2.16. The quantitative estimate of drug-likeness (QED) is 0.868. The lowest BCUT2D eigenvalue weighted by molar-refractivity contribution is 0.354. The number of rotatable bonds is 6. The van der Waals surface area contributed by atoms with Gasteiger partial charge >= 0.3 is 0 Å². The van der Waals surface area contributed by atoms with E-state index in [1.54, 1.807) is 14.2 Å². The Morgan fingerprint density at radius 3 is 2.30 bits per heavy atom. The summed E-state index contributed by atoms with van der Waals surface area (Å²) in [5.41, 5.74) is 2.36. The Kier molecular flexibility index (Phi) is 4.88. The normalized spacial score (nSPS) is 11.8. The Bertz CT molecular complexity index is 540. The largest absolute Gasteiger partial charge is 0.493 e. The van der Waals surface area contributed by atoms with Gasteiger partial charge in [0.1, 0.15) is 0 Å². The molecule has 0 aliphatic rings. The van der Waals surface area contributed by atoms with Gasteiger partial charge in [-0.3, -0.25) is 0 Å². The molecule has 20 heavy (non-hydrogen) atoms. The van der Waals surface area contributed by atoms with Crippen molar-refractivity contribution in [2.24, 2.45) is 0 Å². The van der Waals surface area contributed by atoms with Crippen molar-refractivity contribution in [1.29, 1.82) is 0 Å². The molecule has 0 radical (unpaired) electrons. The highest BCUT2D eigenvalue weighted by atomic mass is 16.5. The second kappa shape index (κ2) is 6.85. The zero-order valence-electron chi connectivity index (χ0n) is 12.2. The molecule has 0 aromatic heterocycles. The molecule has 0 spiro atoms. The van der Waals surface area contributed by atoms with E-state index >= 15 is 0 Å². The highest BCUT2D eigenvalue weighted by Crippen LogP contribution is 2.28. The maximum atomic E-state index is 5.33. The fraction of sp³-hybridized carbons (Fsp3) is 0.294. The second-order valence-electron chi connectivity index (χ2n) is 4.80. The molecular formula is C17H21NO2. The van der Waals surface area contributed by atoms with Crippen LogP contribution < -0.4 is 14.8 Å². The van der Waals surface area contributed by atoms with Crippen molar-refractivity contribution in [2.45, 2.75) is 19.4 Å². The molecule has 0 heterocycles. The molecule has 3 heteroatoms. The molecule has 0 fully saturated rings. The van der Waals surface area contributed by atoms with Crippen molar-refractivity contribution in [3.63, 3.8) is 0 Å². The Hall–Kier alpha value is -2.16. The molecule has 3 nitrogen and oxygen atoms in total. The molecule has 0 amide bonds. The van der Waals surface area contributed by atoms with E-state index in [4.69, 9.17) is 9.47 Å². The molecular weight excluding hydrogens is 250 g/mol. The zero-order valence-corrected chi connectivity index (χ0v) is 12.2. The first-order chi connectivity index (χ1) is 9.72. The van der Waals surface area contributed by atoms with Gasteiger partial charge < -0.3 is 14.8 Å². The van der Waals surface area contributed by atoms with Gasteiger partial charge in [0, 0.05) is 11.7 Å². The topological polar surface area (TPSA) is 30.5 Å². The monoisotopic (exact) mass is 271 g/mol. The van der Waals surface area contributed by atoms with Crippen molar-refractivity contribution in [2.75, 3.05) is 19.5 Å². The molecule has 1 N–H and O–H groups in total. The minimum absolute atomic E-state index is 0.343.